The highest BCUT2D eigenvalue weighted by atomic mass is 32.2. The summed E-state index contributed by atoms with van der Waals surface area (Å²) in [5.74, 6) is -0.450. The van der Waals surface area contributed by atoms with E-state index in [9.17, 15) is 18.3 Å². The Hall–Kier alpha value is -0.620. The summed E-state index contributed by atoms with van der Waals surface area (Å²) in [6, 6.07) is 0. The van der Waals surface area contributed by atoms with Crippen LogP contribution in [0.3, 0.4) is 0 Å². The maximum atomic E-state index is 11.9. The van der Waals surface area contributed by atoms with Gasteiger partial charge in [-0.1, -0.05) is 12.8 Å². The molecular formula is C11H19NO4S. The lowest BCUT2D eigenvalue weighted by Gasteiger charge is -2.45. The molecule has 1 N–H and O–H groups in total. The van der Waals surface area contributed by atoms with Crippen LogP contribution in [-0.4, -0.2) is 41.1 Å². The average molecular weight is 261 g/mol. The third-order valence-corrected chi connectivity index (χ3v) is 6.31. The van der Waals surface area contributed by atoms with E-state index < -0.39 is 20.9 Å². The molecule has 0 aromatic carbocycles. The first-order valence-corrected chi connectivity index (χ1v) is 7.47. The molecule has 2 fully saturated rings. The number of rotatable bonds is 2. The second kappa shape index (κ2) is 3.95. The number of carbonyl (C=O) groups is 1. The quantitative estimate of drug-likeness (QED) is 0.785. The van der Waals surface area contributed by atoms with Crippen molar-refractivity contribution in [1.82, 2.24) is 4.31 Å². The second-order valence-electron chi connectivity index (χ2n) is 5.46. The van der Waals surface area contributed by atoms with Gasteiger partial charge in [0.25, 0.3) is 15.9 Å². The van der Waals surface area contributed by atoms with Crippen molar-refractivity contribution in [2.75, 3.05) is 6.54 Å². The Morgan fingerprint density at radius 3 is 2.47 bits per heavy atom. The van der Waals surface area contributed by atoms with Gasteiger partial charge < -0.3 is 5.11 Å². The summed E-state index contributed by atoms with van der Waals surface area (Å²) >= 11 is 0. The molecular weight excluding hydrogens is 242 g/mol. The van der Waals surface area contributed by atoms with Gasteiger partial charge >= 0.3 is 0 Å². The first-order chi connectivity index (χ1) is 7.78. The molecule has 0 bridgehead atoms. The lowest BCUT2D eigenvalue weighted by molar-refractivity contribution is -0.133. The zero-order chi connectivity index (χ0) is 12.8. The van der Waals surface area contributed by atoms with E-state index in [2.05, 4.69) is 0 Å². The Kier molecular flexibility index (Phi) is 2.98. The van der Waals surface area contributed by atoms with Gasteiger partial charge in [-0.25, -0.2) is 12.7 Å². The molecule has 2 atom stereocenters. The minimum Gasteiger partial charge on any atom is -0.393 e. The van der Waals surface area contributed by atoms with Crippen molar-refractivity contribution < 1.29 is 18.3 Å². The molecule has 0 spiro atoms. The zero-order valence-electron chi connectivity index (χ0n) is 10.2. The normalized spacial score (nSPS) is 35.5. The molecule has 1 aliphatic heterocycles. The van der Waals surface area contributed by atoms with Gasteiger partial charge in [-0.3, -0.25) is 4.79 Å². The monoisotopic (exact) mass is 261 g/mol. The molecule has 2 unspecified atom stereocenters. The first-order valence-electron chi connectivity index (χ1n) is 6.03. The number of nitrogens with zero attached hydrogens (tertiary/aromatic N) is 1. The molecule has 0 aromatic heterocycles. The van der Waals surface area contributed by atoms with E-state index in [-0.39, 0.29) is 18.4 Å². The van der Waals surface area contributed by atoms with Crippen LogP contribution in [0.1, 0.15) is 39.5 Å². The fraction of sp³-hybridized carbons (Fsp3) is 0.909. The van der Waals surface area contributed by atoms with Crippen molar-refractivity contribution >= 4 is 15.9 Å². The van der Waals surface area contributed by atoms with Gasteiger partial charge in [0.05, 0.1) is 6.10 Å². The van der Waals surface area contributed by atoms with E-state index in [4.69, 9.17) is 0 Å². The molecule has 17 heavy (non-hydrogen) atoms. The summed E-state index contributed by atoms with van der Waals surface area (Å²) in [5, 5.41) is 9.79. The zero-order valence-corrected chi connectivity index (χ0v) is 11.0. The summed E-state index contributed by atoms with van der Waals surface area (Å²) < 4.78 is 23.4. The van der Waals surface area contributed by atoms with E-state index >= 15 is 0 Å². The van der Waals surface area contributed by atoms with Crippen LogP contribution in [-0.2, 0) is 14.8 Å². The molecule has 2 rings (SSSR count). The van der Waals surface area contributed by atoms with Crippen molar-refractivity contribution in [2.24, 2.45) is 5.92 Å². The van der Waals surface area contributed by atoms with Crippen LogP contribution in [0.25, 0.3) is 0 Å². The molecule has 1 saturated carbocycles. The number of amides is 1. The molecule has 1 heterocycles. The van der Waals surface area contributed by atoms with Crippen molar-refractivity contribution in [3.8, 4) is 0 Å². The number of sulfonamides is 1. The Balaban J connectivity index is 2.08. The molecule has 1 saturated heterocycles. The minimum absolute atomic E-state index is 0.0985. The van der Waals surface area contributed by atoms with Crippen molar-refractivity contribution in [1.29, 1.82) is 0 Å². The number of carbonyl (C=O) groups excluding carboxylic acids is 1. The van der Waals surface area contributed by atoms with E-state index in [0.29, 0.717) is 6.42 Å². The smallest absolute Gasteiger partial charge is 0.258 e. The summed E-state index contributed by atoms with van der Waals surface area (Å²) in [6.45, 7) is 3.00. The molecule has 6 heteroatoms. The number of aliphatic hydroxyl groups excluding tert-OH is 1. The molecule has 2 aliphatic rings. The highest BCUT2D eigenvalue weighted by Crippen LogP contribution is 2.37. The fourth-order valence-corrected chi connectivity index (χ4v) is 4.14. The van der Waals surface area contributed by atoms with E-state index in [1.165, 1.54) is 13.8 Å². The summed E-state index contributed by atoms with van der Waals surface area (Å²) in [5.41, 5.74) is 0. The molecule has 98 valence electrons. The van der Waals surface area contributed by atoms with E-state index in [1.54, 1.807) is 0 Å². The van der Waals surface area contributed by atoms with Crippen molar-refractivity contribution in [2.45, 2.75) is 50.4 Å². The Labute approximate surface area is 102 Å². The lowest BCUT2D eigenvalue weighted by atomic mass is 9.86. The number of aliphatic hydroxyl groups is 1. The highest BCUT2D eigenvalue weighted by molar-refractivity contribution is 7.94. The topological polar surface area (TPSA) is 74.7 Å². The van der Waals surface area contributed by atoms with Gasteiger partial charge in [0.2, 0.25) is 0 Å². The van der Waals surface area contributed by atoms with Crippen LogP contribution in [0.2, 0.25) is 0 Å². The number of hydrogen-bond acceptors (Lipinski definition) is 4. The maximum absolute atomic E-state index is 11.9. The van der Waals surface area contributed by atoms with Crippen LogP contribution in [0.5, 0.6) is 0 Å². The SMILES string of the molecule is CC1(C)C(=O)N(CC2CCCCC2O)S1(=O)=O. The average Bonchev–Trinajstić information content (AvgIpc) is 2.26. The highest BCUT2D eigenvalue weighted by Gasteiger charge is 2.60. The largest absolute Gasteiger partial charge is 0.393 e. The summed E-state index contributed by atoms with van der Waals surface area (Å²) in [7, 11) is -3.50. The van der Waals surface area contributed by atoms with E-state index in [0.717, 1.165) is 23.6 Å². The van der Waals surface area contributed by atoms with Gasteiger partial charge in [-0.05, 0) is 26.7 Å². The van der Waals surface area contributed by atoms with Crippen LogP contribution in [0.15, 0.2) is 0 Å². The molecule has 1 amide bonds. The first kappa shape index (κ1) is 12.8. The Morgan fingerprint density at radius 2 is 1.94 bits per heavy atom. The fourth-order valence-electron chi connectivity index (χ4n) is 2.55. The molecule has 1 aliphatic carbocycles. The minimum atomic E-state index is -3.50. The Bertz CT molecular complexity index is 429. The third-order valence-electron chi connectivity index (χ3n) is 3.95. The van der Waals surface area contributed by atoms with Crippen molar-refractivity contribution in [3.05, 3.63) is 0 Å². The van der Waals surface area contributed by atoms with Gasteiger partial charge in [0.1, 0.15) is 0 Å². The predicted octanol–water partition coefficient (Wildman–Crippen LogP) is 0.488. The van der Waals surface area contributed by atoms with Gasteiger partial charge in [0, 0.05) is 12.5 Å². The van der Waals surface area contributed by atoms with Gasteiger partial charge in [-0.15, -0.1) is 0 Å². The van der Waals surface area contributed by atoms with Crippen LogP contribution in [0, 0.1) is 5.92 Å². The Morgan fingerprint density at radius 1 is 1.35 bits per heavy atom. The standard InChI is InChI=1S/C11H19NO4S/c1-11(2)10(14)12(17(11,15)16)7-8-5-3-4-6-9(8)13/h8-9,13H,3-7H2,1-2H3. The predicted molar refractivity (Wildman–Crippen MR) is 62.7 cm³/mol. The molecule has 0 radical (unpaired) electrons. The summed E-state index contributed by atoms with van der Waals surface area (Å²) in [4.78, 5) is 11.7. The maximum Gasteiger partial charge on any atom is 0.258 e. The second-order valence-corrected chi connectivity index (χ2v) is 7.88. The van der Waals surface area contributed by atoms with Crippen LogP contribution in [0.4, 0.5) is 0 Å². The lowest BCUT2D eigenvalue weighted by Crippen LogP contribution is -2.68. The summed E-state index contributed by atoms with van der Waals surface area (Å²) in [6.07, 6.45) is 2.99. The van der Waals surface area contributed by atoms with E-state index in [1.807, 2.05) is 0 Å². The number of hydrogen-bond donors (Lipinski definition) is 1. The third kappa shape index (κ3) is 1.78. The van der Waals surface area contributed by atoms with Gasteiger partial charge in [-0.2, -0.15) is 0 Å². The molecule has 0 aromatic rings. The van der Waals surface area contributed by atoms with Crippen LogP contribution >= 0.6 is 0 Å². The molecule has 5 nitrogen and oxygen atoms in total. The van der Waals surface area contributed by atoms with Gasteiger partial charge in [0.15, 0.2) is 4.75 Å². The van der Waals surface area contributed by atoms with Crippen LogP contribution < -0.4 is 0 Å². The van der Waals surface area contributed by atoms with Crippen molar-refractivity contribution in [3.63, 3.8) is 0 Å².